The molecule has 1 saturated heterocycles. The lowest BCUT2D eigenvalue weighted by atomic mass is 9.91. The Balaban J connectivity index is 1.29. The zero-order chi connectivity index (χ0) is 35.7. The lowest BCUT2D eigenvalue weighted by molar-refractivity contribution is -0.119. The zero-order valence-electron chi connectivity index (χ0n) is 28.9. The number of imide groups is 1. The van der Waals surface area contributed by atoms with Gasteiger partial charge in [-0.05, 0) is 82.5 Å². The van der Waals surface area contributed by atoms with Gasteiger partial charge in [-0.1, -0.05) is 6.07 Å². The quantitative estimate of drug-likeness (QED) is 0.263. The first-order chi connectivity index (χ1) is 23.7. The smallest absolute Gasteiger partial charge is 0.435 e. The maximum absolute atomic E-state index is 13.8. The van der Waals surface area contributed by atoms with Crippen molar-refractivity contribution in [3.05, 3.63) is 53.9 Å². The number of hydrogen-bond acceptors (Lipinski definition) is 12. The minimum Gasteiger partial charge on any atom is -0.497 e. The normalized spacial score (nSPS) is 22.9. The predicted molar refractivity (Wildman–Crippen MR) is 183 cm³/mol. The van der Waals surface area contributed by atoms with Gasteiger partial charge < -0.3 is 34.3 Å². The van der Waals surface area contributed by atoms with E-state index in [1.807, 2.05) is 26.0 Å². The van der Waals surface area contributed by atoms with Crippen molar-refractivity contribution in [3.63, 3.8) is 0 Å². The highest BCUT2D eigenvalue weighted by atomic mass is 16.6. The highest BCUT2D eigenvalue weighted by Gasteiger charge is 2.68. The molecular formula is C35H39N7O8. The van der Waals surface area contributed by atoms with Gasteiger partial charge in [-0.3, -0.25) is 4.79 Å². The molecule has 4 atom stereocenters. The van der Waals surface area contributed by atoms with Crippen LogP contribution in [0, 0.1) is 0 Å². The van der Waals surface area contributed by atoms with E-state index in [-0.39, 0.29) is 18.1 Å². The third-order valence-electron chi connectivity index (χ3n) is 9.28. The molecule has 2 aromatic heterocycles. The average molecular weight is 686 g/mol. The number of morpholine rings is 1. The number of fused-ring (bicyclic) bond motifs is 3. The fourth-order valence-electron chi connectivity index (χ4n) is 7.22. The second kappa shape index (κ2) is 11.9. The number of hydrogen-bond donors (Lipinski definition) is 2. The summed E-state index contributed by atoms with van der Waals surface area (Å²) < 4.78 is 24.0. The number of methoxy groups -OCH3 is 2. The molecule has 15 nitrogen and oxygen atoms in total. The van der Waals surface area contributed by atoms with Crippen molar-refractivity contribution in [1.82, 2.24) is 19.7 Å². The van der Waals surface area contributed by atoms with Crippen molar-refractivity contribution in [2.75, 3.05) is 42.4 Å². The largest absolute Gasteiger partial charge is 0.497 e. The Kier molecular flexibility index (Phi) is 7.85. The Morgan fingerprint density at radius 1 is 1.02 bits per heavy atom. The van der Waals surface area contributed by atoms with Crippen LogP contribution in [0.3, 0.4) is 0 Å². The van der Waals surface area contributed by atoms with E-state index < -0.39 is 29.1 Å². The number of carbonyl (C=O) groups is 3. The summed E-state index contributed by atoms with van der Waals surface area (Å²) in [5.41, 5.74) is 0.173. The molecule has 3 aliphatic rings. The van der Waals surface area contributed by atoms with Gasteiger partial charge in [-0.2, -0.15) is 4.68 Å². The van der Waals surface area contributed by atoms with E-state index >= 15 is 0 Å². The summed E-state index contributed by atoms with van der Waals surface area (Å²) in [6.45, 7) is 10.5. The Hall–Kier alpha value is -5.44. The molecule has 2 aliphatic heterocycles. The van der Waals surface area contributed by atoms with Gasteiger partial charge in [0.15, 0.2) is 17.5 Å². The van der Waals surface area contributed by atoms with Crippen LogP contribution in [-0.4, -0.2) is 88.1 Å². The van der Waals surface area contributed by atoms with Gasteiger partial charge in [-0.15, -0.1) is 5.10 Å². The van der Waals surface area contributed by atoms with E-state index in [2.05, 4.69) is 25.3 Å². The fourth-order valence-corrected chi connectivity index (χ4v) is 7.22. The summed E-state index contributed by atoms with van der Waals surface area (Å²) in [6.07, 6.45) is -0.245. The topological polar surface area (TPSA) is 170 Å². The summed E-state index contributed by atoms with van der Waals surface area (Å²) in [7, 11) is 3.06. The monoisotopic (exact) mass is 685 g/mol. The van der Waals surface area contributed by atoms with Gasteiger partial charge in [0.2, 0.25) is 11.7 Å². The Labute approximate surface area is 288 Å². The number of nitrogens with zero attached hydrogens (tertiary/aromatic N) is 6. The number of nitrogens with one attached hydrogen (secondary N) is 1. The van der Waals surface area contributed by atoms with Crippen LogP contribution in [0.5, 0.6) is 11.5 Å². The van der Waals surface area contributed by atoms with E-state index in [0.717, 1.165) is 10.5 Å². The zero-order valence-corrected chi connectivity index (χ0v) is 28.9. The molecule has 1 saturated carbocycles. The van der Waals surface area contributed by atoms with Crippen LogP contribution < -0.4 is 24.6 Å². The molecule has 15 heteroatoms. The van der Waals surface area contributed by atoms with Crippen molar-refractivity contribution in [2.45, 2.75) is 70.2 Å². The van der Waals surface area contributed by atoms with Gasteiger partial charge in [0.25, 0.3) is 0 Å². The molecule has 7 rings (SSSR count). The molecule has 0 bridgehead atoms. The van der Waals surface area contributed by atoms with Gasteiger partial charge >= 0.3 is 12.2 Å². The summed E-state index contributed by atoms with van der Waals surface area (Å²) >= 11 is 0. The molecule has 4 aromatic rings. The number of benzene rings is 2. The number of amides is 2. The molecule has 2 aromatic carbocycles. The number of carbonyl (C=O) groups excluding carboxylic acids is 2. The number of aromatic nitrogens is 4. The highest BCUT2D eigenvalue weighted by molar-refractivity contribution is 6.22. The Morgan fingerprint density at radius 3 is 2.42 bits per heavy atom. The fraction of sp³-hybridized carbons (Fsp3) is 0.429. The molecule has 50 heavy (non-hydrogen) atoms. The van der Waals surface area contributed by atoms with Crippen LogP contribution in [0.1, 0.15) is 58.1 Å². The molecule has 1 aliphatic carbocycles. The highest BCUT2D eigenvalue weighted by Crippen LogP contribution is 2.67. The van der Waals surface area contributed by atoms with Gasteiger partial charge in [-0.25, -0.2) is 24.5 Å². The van der Waals surface area contributed by atoms with Gasteiger partial charge in [0, 0.05) is 24.4 Å². The third kappa shape index (κ3) is 5.41. The lowest BCUT2D eigenvalue weighted by Crippen LogP contribution is -2.46. The third-order valence-corrected chi connectivity index (χ3v) is 9.28. The second-order valence-electron chi connectivity index (χ2n) is 13.9. The number of rotatable bonds is 6. The van der Waals surface area contributed by atoms with Crippen molar-refractivity contribution >= 4 is 52.1 Å². The molecule has 1 spiro atoms. The van der Waals surface area contributed by atoms with Crippen molar-refractivity contribution < 1.29 is 38.4 Å². The van der Waals surface area contributed by atoms with Crippen molar-refractivity contribution in [2.24, 2.45) is 0 Å². The molecule has 2 fully saturated rings. The average Bonchev–Trinajstić information content (AvgIpc) is 3.64. The Morgan fingerprint density at radius 2 is 1.76 bits per heavy atom. The summed E-state index contributed by atoms with van der Waals surface area (Å²) in [5.74, 6) is 1.30. The van der Waals surface area contributed by atoms with E-state index in [4.69, 9.17) is 18.9 Å². The number of anilines is 4. The van der Waals surface area contributed by atoms with Gasteiger partial charge in [0.1, 0.15) is 17.7 Å². The maximum Gasteiger partial charge on any atom is 0.435 e. The summed E-state index contributed by atoms with van der Waals surface area (Å²) in [4.78, 5) is 51.4. The summed E-state index contributed by atoms with van der Waals surface area (Å²) in [5, 5.41) is 18.4. The van der Waals surface area contributed by atoms with E-state index in [9.17, 15) is 19.5 Å². The molecule has 2 amide bonds. The SMILES string of the molecule is COc1ccc2c(c1)[C@]1(C[C@H]1c1ccc3c(Nc4ncnc(N5C[C@@H](C)O[C@@H](C)C5)c4OC)nn(C(=O)OC(C)(C)C)c3c1)C(=O)N2C(=O)O. The summed E-state index contributed by atoms with van der Waals surface area (Å²) in [6, 6.07) is 10.4. The van der Waals surface area contributed by atoms with E-state index in [1.54, 1.807) is 52.1 Å². The Bertz CT molecular complexity index is 2030. The molecule has 0 unspecified atom stereocenters. The minimum absolute atomic E-state index is 0.00895. The standard InChI is InChI=1S/C35H39N7O8/c1-18-15-40(16-19(2)49-18)30-27(48-7)29(36-17-37-30)38-28-22-10-8-20(12-26(22)42(39-28)33(46)50-34(3,4)5)24-14-35(24)23-13-21(47-6)9-11-25(23)41(31(35)43)32(44)45/h8-13,17-19,24H,14-16H2,1-7H3,(H,44,45)(H,36,37,38,39)/t18-,19+,24-,35-/m0/s1. The lowest BCUT2D eigenvalue weighted by Gasteiger charge is -2.36. The molecule has 262 valence electrons. The second-order valence-corrected chi connectivity index (χ2v) is 13.9. The van der Waals surface area contributed by atoms with Crippen LogP contribution in [0.25, 0.3) is 10.9 Å². The van der Waals surface area contributed by atoms with Crippen molar-refractivity contribution in [1.29, 1.82) is 0 Å². The number of carboxylic acid groups (broad SMARTS) is 1. The van der Waals surface area contributed by atoms with E-state index in [1.165, 1.54) is 18.1 Å². The van der Waals surface area contributed by atoms with Crippen LogP contribution >= 0.6 is 0 Å². The number of ether oxygens (including phenoxy) is 4. The first kappa shape index (κ1) is 33.1. The van der Waals surface area contributed by atoms with Crippen LogP contribution in [0.4, 0.5) is 32.7 Å². The van der Waals surface area contributed by atoms with Crippen LogP contribution in [0.2, 0.25) is 0 Å². The molecular weight excluding hydrogens is 646 g/mol. The molecule has 0 radical (unpaired) electrons. The predicted octanol–water partition coefficient (Wildman–Crippen LogP) is 5.43. The first-order valence-corrected chi connectivity index (χ1v) is 16.3. The van der Waals surface area contributed by atoms with Crippen molar-refractivity contribution in [3.8, 4) is 11.5 Å². The molecule has 2 N–H and O–H groups in total. The first-order valence-electron chi connectivity index (χ1n) is 16.3. The maximum atomic E-state index is 13.8. The van der Waals surface area contributed by atoms with Gasteiger partial charge in [0.05, 0.1) is 43.0 Å². The van der Waals surface area contributed by atoms with Crippen LogP contribution in [0.15, 0.2) is 42.7 Å². The molecule has 4 heterocycles. The minimum atomic E-state index is -1.35. The van der Waals surface area contributed by atoms with Crippen LogP contribution in [-0.2, 0) is 19.7 Å². The van der Waals surface area contributed by atoms with E-state index in [0.29, 0.717) is 70.6 Å².